The number of fused-ring (bicyclic) bond motifs is 1. The van der Waals surface area contributed by atoms with Gasteiger partial charge >= 0.3 is 5.97 Å². The normalized spacial score (nSPS) is 12.0. The van der Waals surface area contributed by atoms with E-state index in [1.54, 1.807) is 40.9 Å². The highest BCUT2D eigenvalue weighted by Gasteiger charge is 2.23. The van der Waals surface area contributed by atoms with E-state index in [9.17, 15) is 9.59 Å². The zero-order valence-electron chi connectivity index (χ0n) is 16.7. The number of methoxy groups -OCH3 is 1. The number of nitrogens with two attached hydrogens (primary N) is 1. The summed E-state index contributed by atoms with van der Waals surface area (Å²) in [4.78, 5) is 29.6. The molecule has 0 aliphatic carbocycles. The van der Waals surface area contributed by atoms with Crippen LogP contribution in [0.1, 0.15) is 38.8 Å². The Hall–Kier alpha value is -3.36. The minimum absolute atomic E-state index is 0.263. The van der Waals surface area contributed by atoms with Gasteiger partial charge in [-0.1, -0.05) is 35.9 Å². The molecule has 0 bridgehead atoms. The van der Waals surface area contributed by atoms with E-state index in [2.05, 4.69) is 4.98 Å². The van der Waals surface area contributed by atoms with Crippen LogP contribution in [0.2, 0.25) is 5.02 Å². The van der Waals surface area contributed by atoms with Crippen LogP contribution in [0.25, 0.3) is 16.2 Å². The molecule has 0 aliphatic heterocycles. The number of thiophene rings is 1. The van der Waals surface area contributed by atoms with Crippen LogP contribution in [0.15, 0.2) is 54.7 Å². The lowest BCUT2D eigenvalue weighted by molar-refractivity contribution is 0.0592. The maximum absolute atomic E-state index is 12.2. The van der Waals surface area contributed by atoms with Crippen molar-refractivity contribution in [3.63, 3.8) is 0 Å². The first-order valence-electron chi connectivity index (χ1n) is 9.30. The Balaban J connectivity index is 1.79. The lowest BCUT2D eigenvalue weighted by Gasteiger charge is -2.16. The Kier molecular flexibility index (Phi) is 5.67. The molecule has 4 aromatic rings. The maximum Gasteiger partial charge on any atom is 0.355 e. The number of nitrogens with zero attached hydrogens (tertiary/aromatic N) is 2. The molecule has 1 aromatic carbocycles. The number of carbonyl (C=O) groups excluding carboxylic acids is 2. The lowest BCUT2D eigenvalue weighted by Crippen LogP contribution is -2.12. The Bertz CT molecular complexity index is 1300. The molecule has 1 unspecified atom stereocenters. The Morgan fingerprint density at radius 1 is 1.19 bits per heavy atom. The summed E-state index contributed by atoms with van der Waals surface area (Å²) in [6, 6.07) is 14.2. The number of amides is 1. The third-order valence-electron chi connectivity index (χ3n) is 4.75. The van der Waals surface area contributed by atoms with Crippen molar-refractivity contribution in [3.05, 3.63) is 75.9 Å². The van der Waals surface area contributed by atoms with Crippen molar-refractivity contribution in [3.8, 4) is 16.3 Å². The van der Waals surface area contributed by atoms with Crippen LogP contribution in [0.4, 0.5) is 0 Å². The van der Waals surface area contributed by atoms with Gasteiger partial charge in [0.1, 0.15) is 28.1 Å². The SMILES string of the molecule is COC(=O)c1cccc2ncc(-c3cc(OC(C)c4ccccc4Cl)c(C(N)=O)s3)n12. The number of halogens is 1. The largest absolute Gasteiger partial charge is 0.484 e. The molecule has 9 heteroatoms. The molecule has 0 saturated carbocycles. The first-order chi connectivity index (χ1) is 14.9. The van der Waals surface area contributed by atoms with Gasteiger partial charge in [0.05, 0.1) is 23.9 Å². The standard InChI is InChI=1S/C22H18ClN3O4S/c1-12(13-6-3-4-7-14(13)23)30-17-10-18(31-20(17)21(24)27)16-11-25-19-9-5-8-15(26(16)19)22(28)29-2/h3-12H,1-2H3,(H2,24,27). The average Bonchev–Trinajstić information content (AvgIpc) is 3.37. The van der Waals surface area contributed by atoms with Crippen molar-refractivity contribution in [2.75, 3.05) is 7.11 Å². The summed E-state index contributed by atoms with van der Waals surface area (Å²) < 4.78 is 12.6. The molecule has 7 nitrogen and oxygen atoms in total. The van der Waals surface area contributed by atoms with Crippen LogP contribution in [0.3, 0.4) is 0 Å². The highest BCUT2D eigenvalue weighted by atomic mass is 35.5. The molecule has 2 N–H and O–H groups in total. The summed E-state index contributed by atoms with van der Waals surface area (Å²) >= 11 is 7.44. The van der Waals surface area contributed by atoms with Crippen LogP contribution in [-0.4, -0.2) is 28.4 Å². The van der Waals surface area contributed by atoms with Gasteiger partial charge in [0.25, 0.3) is 5.91 Å². The van der Waals surface area contributed by atoms with Gasteiger partial charge in [-0.25, -0.2) is 9.78 Å². The van der Waals surface area contributed by atoms with E-state index in [0.717, 1.165) is 16.9 Å². The fourth-order valence-electron chi connectivity index (χ4n) is 3.29. The number of hydrogen-bond acceptors (Lipinski definition) is 6. The third kappa shape index (κ3) is 3.87. The van der Waals surface area contributed by atoms with E-state index in [1.165, 1.54) is 7.11 Å². The van der Waals surface area contributed by atoms with Crippen molar-refractivity contribution in [1.29, 1.82) is 0 Å². The first kappa shape index (κ1) is 20.9. The number of ether oxygens (including phenoxy) is 2. The van der Waals surface area contributed by atoms with E-state index in [1.807, 2.05) is 25.1 Å². The second kappa shape index (κ2) is 8.41. The van der Waals surface area contributed by atoms with Crippen molar-refractivity contribution in [2.45, 2.75) is 13.0 Å². The molecule has 3 heterocycles. The second-order valence-electron chi connectivity index (χ2n) is 6.69. The molecular weight excluding hydrogens is 438 g/mol. The molecule has 0 aliphatic rings. The smallest absolute Gasteiger partial charge is 0.355 e. The summed E-state index contributed by atoms with van der Waals surface area (Å²) in [5, 5.41) is 0.565. The van der Waals surface area contributed by atoms with Gasteiger partial charge in [-0.05, 0) is 25.1 Å². The fourth-order valence-corrected chi connectivity index (χ4v) is 4.53. The topological polar surface area (TPSA) is 95.9 Å². The molecule has 3 aromatic heterocycles. The van der Waals surface area contributed by atoms with Crippen molar-refractivity contribution in [2.24, 2.45) is 5.73 Å². The van der Waals surface area contributed by atoms with E-state index < -0.39 is 18.0 Å². The number of pyridine rings is 1. The molecule has 0 spiro atoms. The van der Waals surface area contributed by atoms with Gasteiger partial charge in [0.2, 0.25) is 0 Å². The number of rotatable bonds is 6. The Morgan fingerprint density at radius 2 is 1.97 bits per heavy atom. The predicted octanol–water partition coefficient (Wildman–Crippen LogP) is 4.74. The number of primary amides is 1. The number of carbonyl (C=O) groups is 2. The van der Waals surface area contributed by atoms with Gasteiger partial charge < -0.3 is 15.2 Å². The van der Waals surface area contributed by atoms with Gasteiger partial charge in [-0.15, -0.1) is 11.3 Å². The molecule has 158 valence electrons. The fraction of sp³-hybridized carbons (Fsp3) is 0.136. The molecular formula is C22H18ClN3O4S. The zero-order chi connectivity index (χ0) is 22.1. The Labute approximate surface area is 187 Å². The molecule has 4 rings (SSSR count). The zero-order valence-corrected chi connectivity index (χ0v) is 18.2. The highest BCUT2D eigenvalue weighted by Crippen LogP contribution is 2.39. The molecule has 1 amide bonds. The van der Waals surface area contributed by atoms with Gasteiger partial charge in [0.15, 0.2) is 0 Å². The predicted molar refractivity (Wildman–Crippen MR) is 119 cm³/mol. The maximum atomic E-state index is 12.2. The van der Waals surface area contributed by atoms with E-state index in [4.69, 9.17) is 26.8 Å². The summed E-state index contributed by atoms with van der Waals surface area (Å²) in [7, 11) is 1.32. The van der Waals surface area contributed by atoms with Crippen LogP contribution in [-0.2, 0) is 4.74 Å². The molecule has 1 atom stereocenters. The van der Waals surface area contributed by atoms with Crippen LogP contribution in [0.5, 0.6) is 5.75 Å². The number of esters is 1. The summed E-state index contributed by atoms with van der Waals surface area (Å²) in [5.41, 5.74) is 7.89. The summed E-state index contributed by atoms with van der Waals surface area (Å²) in [5.74, 6) is -0.773. The minimum atomic E-state index is -0.611. The number of hydrogen-bond donors (Lipinski definition) is 1. The lowest BCUT2D eigenvalue weighted by atomic mass is 10.1. The van der Waals surface area contributed by atoms with E-state index in [0.29, 0.717) is 32.7 Å². The quantitative estimate of drug-likeness (QED) is 0.423. The highest BCUT2D eigenvalue weighted by molar-refractivity contribution is 7.17. The third-order valence-corrected chi connectivity index (χ3v) is 6.24. The van der Waals surface area contributed by atoms with Gasteiger partial charge in [-0.2, -0.15) is 0 Å². The van der Waals surface area contributed by atoms with Crippen LogP contribution >= 0.6 is 22.9 Å². The van der Waals surface area contributed by atoms with Crippen LogP contribution < -0.4 is 10.5 Å². The molecule has 0 fully saturated rings. The van der Waals surface area contributed by atoms with Crippen molar-refractivity contribution < 1.29 is 19.1 Å². The number of benzene rings is 1. The van der Waals surface area contributed by atoms with Gasteiger partial charge in [0, 0.05) is 16.7 Å². The first-order valence-corrected chi connectivity index (χ1v) is 10.5. The minimum Gasteiger partial charge on any atom is -0.484 e. The number of aromatic nitrogens is 2. The van der Waals surface area contributed by atoms with Crippen LogP contribution in [0, 0.1) is 0 Å². The van der Waals surface area contributed by atoms with E-state index in [-0.39, 0.29) is 4.88 Å². The Morgan fingerprint density at radius 3 is 2.68 bits per heavy atom. The molecule has 0 saturated heterocycles. The second-order valence-corrected chi connectivity index (χ2v) is 8.15. The van der Waals surface area contributed by atoms with Crippen molar-refractivity contribution in [1.82, 2.24) is 9.38 Å². The van der Waals surface area contributed by atoms with Gasteiger partial charge in [-0.3, -0.25) is 9.20 Å². The summed E-state index contributed by atoms with van der Waals surface area (Å²) in [6.45, 7) is 1.84. The monoisotopic (exact) mass is 455 g/mol. The molecule has 0 radical (unpaired) electrons. The average molecular weight is 456 g/mol. The number of imidazole rings is 1. The summed E-state index contributed by atoms with van der Waals surface area (Å²) in [6.07, 6.45) is 1.21. The van der Waals surface area contributed by atoms with Crippen molar-refractivity contribution >= 4 is 40.5 Å². The van der Waals surface area contributed by atoms with E-state index >= 15 is 0 Å². The molecule has 31 heavy (non-hydrogen) atoms.